The maximum absolute atomic E-state index is 12.7. The van der Waals surface area contributed by atoms with Crippen LogP contribution in [0.15, 0.2) is 60.7 Å². The molecular weight excluding hydrogens is 364 g/mol. The Kier molecular flexibility index (Phi) is 4.78. The predicted octanol–water partition coefficient (Wildman–Crippen LogP) is 3.91. The lowest BCUT2D eigenvalue weighted by atomic mass is 10.0. The van der Waals surface area contributed by atoms with Crippen molar-refractivity contribution in [1.29, 1.82) is 0 Å². The van der Waals surface area contributed by atoms with E-state index in [0.29, 0.717) is 16.8 Å². The minimum atomic E-state index is -0.101. The molecule has 6 nitrogen and oxygen atoms in total. The second kappa shape index (κ2) is 7.41. The number of rotatable bonds is 4. The van der Waals surface area contributed by atoms with Crippen LogP contribution < -0.4 is 11.1 Å². The molecule has 29 heavy (non-hydrogen) atoms. The molecule has 0 radical (unpaired) electrons. The van der Waals surface area contributed by atoms with Gasteiger partial charge in [0, 0.05) is 36.2 Å². The number of carbonyl (C=O) groups excluding carboxylic acids is 1. The predicted molar refractivity (Wildman–Crippen MR) is 117 cm³/mol. The first-order valence-electron chi connectivity index (χ1n) is 9.28. The number of amides is 1. The Labute approximate surface area is 168 Å². The molecule has 0 aliphatic heterocycles. The summed E-state index contributed by atoms with van der Waals surface area (Å²) in [5, 5.41) is 14.7. The van der Waals surface area contributed by atoms with Gasteiger partial charge in [-0.2, -0.15) is 0 Å². The van der Waals surface area contributed by atoms with Crippen LogP contribution >= 0.6 is 0 Å². The Bertz CT molecular complexity index is 1230. The molecule has 0 aliphatic carbocycles. The van der Waals surface area contributed by atoms with Crippen molar-refractivity contribution in [3.8, 4) is 0 Å². The van der Waals surface area contributed by atoms with Gasteiger partial charge in [0.05, 0.1) is 28.9 Å². The Balaban J connectivity index is 1.99. The van der Waals surface area contributed by atoms with E-state index in [0.717, 1.165) is 33.2 Å². The maximum Gasteiger partial charge on any atom is 0.255 e. The minimum Gasteiger partial charge on any atom is -0.399 e. The van der Waals surface area contributed by atoms with Crippen LogP contribution in [0, 0.1) is 0 Å². The van der Waals surface area contributed by atoms with Gasteiger partial charge in [-0.3, -0.25) is 4.79 Å². The summed E-state index contributed by atoms with van der Waals surface area (Å²) in [5.74, 6) is -0.101. The van der Waals surface area contributed by atoms with Gasteiger partial charge in [-0.05, 0) is 35.9 Å². The number of carbonyl (C=O) groups is 1. The van der Waals surface area contributed by atoms with Gasteiger partial charge in [-0.15, -0.1) is 0 Å². The number of anilines is 3. The lowest BCUT2D eigenvalue weighted by Crippen LogP contribution is -2.22. The van der Waals surface area contributed by atoms with Crippen LogP contribution in [-0.4, -0.2) is 35.0 Å². The van der Waals surface area contributed by atoms with Crippen molar-refractivity contribution < 1.29 is 9.90 Å². The number of aliphatic hydroxyl groups is 1. The van der Waals surface area contributed by atoms with E-state index in [4.69, 9.17) is 10.7 Å². The number of para-hydroxylation sites is 2. The van der Waals surface area contributed by atoms with Crippen LogP contribution in [0.3, 0.4) is 0 Å². The summed E-state index contributed by atoms with van der Waals surface area (Å²) in [6.07, 6.45) is 0. The molecule has 0 spiro atoms. The third-order valence-electron chi connectivity index (χ3n) is 4.81. The Morgan fingerprint density at radius 3 is 2.59 bits per heavy atom. The Morgan fingerprint density at radius 1 is 1.07 bits per heavy atom. The topological polar surface area (TPSA) is 91.5 Å². The van der Waals surface area contributed by atoms with E-state index in [1.165, 1.54) is 0 Å². The van der Waals surface area contributed by atoms with Gasteiger partial charge in [-0.1, -0.05) is 30.3 Å². The minimum absolute atomic E-state index is 0.0982. The second-order valence-electron chi connectivity index (χ2n) is 7.15. The van der Waals surface area contributed by atoms with Crippen LogP contribution in [-0.2, 0) is 6.61 Å². The van der Waals surface area contributed by atoms with Crippen molar-refractivity contribution in [3.05, 3.63) is 71.8 Å². The van der Waals surface area contributed by atoms with E-state index in [1.807, 2.05) is 48.5 Å². The molecule has 0 saturated heterocycles. The molecule has 0 atom stereocenters. The number of hydrogen-bond donors (Lipinski definition) is 3. The molecule has 0 bridgehead atoms. The van der Waals surface area contributed by atoms with Gasteiger partial charge in [0.2, 0.25) is 0 Å². The van der Waals surface area contributed by atoms with E-state index < -0.39 is 0 Å². The normalized spacial score (nSPS) is 11.0. The SMILES string of the molecule is CN(C)C(=O)c1cccc2c(Nc3cc(N)cc(CO)c3)c3ccccc3nc12. The van der Waals surface area contributed by atoms with E-state index in [1.54, 1.807) is 31.1 Å². The molecule has 1 aromatic heterocycles. The quantitative estimate of drug-likeness (QED) is 0.365. The lowest BCUT2D eigenvalue weighted by molar-refractivity contribution is 0.0829. The van der Waals surface area contributed by atoms with Crippen molar-refractivity contribution >= 4 is 44.8 Å². The lowest BCUT2D eigenvalue weighted by Gasteiger charge is -2.17. The third-order valence-corrected chi connectivity index (χ3v) is 4.81. The van der Waals surface area contributed by atoms with E-state index in [9.17, 15) is 9.90 Å². The highest BCUT2D eigenvalue weighted by molar-refractivity contribution is 6.14. The largest absolute Gasteiger partial charge is 0.399 e. The highest BCUT2D eigenvalue weighted by Crippen LogP contribution is 2.35. The monoisotopic (exact) mass is 386 g/mol. The summed E-state index contributed by atoms with van der Waals surface area (Å²) in [7, 11) is 3.45. The van der Waals surface area contributed by atoms with Crippen molar-refractivity contribution in [1.82, 2.24) is 9.88 Å². The zero-order valence-electron chi connectivity index (χ0n) is 16.3. The van der Waals surface area contributed by atoms with Crippen LogP contribution in [0.25, 0.3) is 21.8 Å². The third kappa shape index (κ3) is 3.46. The zero-order valence-corrected chi connectivity index (χ0v) is 16.3. The number of nitrogens with one attached hydrogen (secondary N) is 1. The molecule has 6 heteroatoms. The van der Waals surface area contributed by atoms with Gasteiger partial charge in [-0.25, -0.2) is 4.98 Å². The number of fused-ring (bicyclic) bond motifs is 2. The fourth-order valence-electron chi connectivity index (χ4n) is 3.49. The van der Waals surface area contributed by atoms with Crippen LogP contribution in [0.1, 0.15) is 15.9 Å². The number of aromatic nitrogens is 1. The molecule has 1 amide bonds. The summed E-state index contributed by atoms with van der Waals surface area (Å²) in [5.41, 5.74) is 10.8. The Morgan fingerprint density at radius 2 is 1.83 bits per heavy atom. The molecule has 4 N–H and O–H groups in total. The smallest absolute Gasteiger partial charge is 0.255 e. The fraction of sp³-hybridized carbons (Fsp3) is 0.130. The molecule has 0 saturated carbocycles. The van der Waals surface area contributed by atoms with E-state index in [2.05, 4.69) is 5.32 Å². The van der Waals surface area contributed by atoms with E-state index in [-0.39, 0.29) is 12.5 Å². The molecule has 4 aromatic rings. The summed E-state index contributed by atoms with van der Waals surface area (Å²) in [4.78, 5) is 19.0. The first kappa shape index (κ1) is 18.7. The number of aliphatic hydroxyl groups excluding tert-OH is 1. The first-order chi connectivity index (χ1) is 14.0. The first-order valence-corrected chi connectivity index (χ1v) is 9.28. The number of nitrogens with two attached hydrogens (primary N) is 1. The zero-order chi connectivity index (χ0) is 20.5. The maximum atomic E-state index is 12.7. The average Bonchev–Trinajstić information content (AvgIpc) is 2.72. The van der Waals surface area contributed by atoms with Gasteiger partial charge in [0.1, 0.15) is 0 Å². The van der Waals surface area contributed by atoms with Gasteiger partial charge in [0.15, 0.2) is 0 Å². The second-order valence-corrected chi connectivity index (χ2v) is 7.15. The number of nitrogens with zero attached hydrogens (tertiary/aromatic N) is 2. The van der Waals surface area contributed by atoms with E-state index >= 15 is 0 Å². The van der Waals surface area contributed by atoms with Crippen molar-refractivity contribution in [2.75, 3.05) is 25.1 Å². The molecule has 3 aromatic carbocycles. The van der Waals surface area contributed by atoms with Crippen molar-refractivity contribution in [2.24, 2.45) is 0 Å². The highest BCUT2D eigenvalue weighted by Gasteiger charge is 2.17. The summed E-state index contributed by atoms with van der Waals surface area (Å²) >= 11 is 0. The molecule has 0 unspecified atom stereocenters. The summed E-state index contributed by atoms with van der Waals surface area (Å²) in [6.45, 7) is -0.0982. The summed E-state index contributed by atoms with van der Waals surface area (Å²) in [6, 6.07) is 18.8. The van der Waals surface area contributed by atoms with Crippen LogP contribution in [0.5, 0.6) is 0 Å². The Hall–Kier alpha value is -3.64. The number of pyridine rings is 1. The summed E-state index contributed by atoms with van der Waals surface area (Å²) < 4.78 is 0. The highest BCUT2D eigenvalue weighted by atomic mass is 16.3. The molecule has 0 aliphatic rings. The van der Waals surface area contributed by atoms with Gasteiger partial charge in [0.25, 0.3) is 5.91 Å². The molecule has 146 valence electrons. The van der Waals surface area contributed by atoms with Crippen LogP contribution in [0.4, 0.5) is 17.1 Å². The average molecular weight is 386 g/mol. The van der Waals surface area contributed by atoms with Crippen LogP contribution in [0.2, 0.25) is 0 Å². The molecule has 0 fully saturated rings. The fourth-order valence-corrected chi connectivity index (χ4v) is 3.49. The van der Waals surface area contributed by atoms with Crippen molar-refractivity contribution in [2.45, 2.75) is 6.61 Å². The standard InChI is InChI=1S/C23H22N4O2/c1-27(2)23(29)19-8-5-7-18-21(17-6-3-4-9-20(17)26-22(18)19)25-16-11-14(13-28)10-15(24)12-16/h3-12,28H,13,24H2,1-2H3,(H,25,26). The van der Waals surface area contributed by atoms with Gasteiger partial charge >= 0.3 is 0 Å². The van der Waals surface area contributed by atoms with Crippen molar-refractivity contribution in [3.63, 3.8) is 0 Å². The molecule has 1 heterocycles. The number of benzene rings is 3. The molecular formula is C23H22N4O2. The molecule has 4 rings (SSSR count). The number of nitrogen functional groups attached to an aromatic ring is 1. The number of hydrogen-bond acceptors (Lipinski definition) is 5. The van der Waals surface area contributed by atoms with Gasteiger partial charge < -0.3 is 21.1 Å².